The second kappa shape index (κ2) is 12.1. The zero-order chi connectivity index (χ0) is 27.4. The lowest BCUT2D eigenvalue weighted by molar-refractivity contribution is -0.0604. The van der Waals surface area contributed by atoms with E-state index in [2.05, 4.69) is 15.6 Å². The van der Waals surface area contributed by atoms with Gasteiger partial charge in [-0.2, -0.15) is 4.31 Å². The topological polar surface area (TPSA) is 196 Å². The number of hydrogen-bond donors (Lipinski definition) is 8. The van der Waals surface area contributed by atoms with Gasteiger partial charge in [-0.15, -0.1) is 0 Å². The minimum absolute atomic E-state index is 0.0278. The Hall–Kier alpha value is -2.62. The summed E-state index contributed by atoms with van der Waals surface area (Å²) in [4.78, 5) is 4.76. The number of anilines is 2. The van der Waals surface area contributed by atoms with Gasteiger partial charge < -0.3 is 41.3 Å². The standard InChI is InChI=1S/C25H34N4O8S/c30-8-1-7-26-24-18-10-15(27-12-23(34)25(35)22(33)6-9-31)2-4-20(18)28-21-5-3-17(11-19(21)24)38(36,37)29-13-16(32)14-29/h2-5,10-11,16,22-23,25,27,30-35H,1,6-9,12-14H2,(H,26,28)/t22-,23+,25+/m1/s1. The van der Waals surface area contributed by atoms with Crippen molar-refractivity contribution in [3.63, 3.8) is 0 Å². The Morgan fingerprint density at radius 2 is 1.63 bits per heavy atom. The number of sulfonamides is 1. The maximum atomic E-state index is 13.0. The average molecular weight is 551 g/mol. The zero-order valence-electron chi connectivity index (χ0n) is 20.7. The van der Waals surface area contributed by atoms with Crippen molar-refractivity contribution in [1.29, 1.82) is 0 Å². The molecule has 0 aliphatic carbocycles. The van der Waals surface area contributed by atoms with Gasteiger partial charge in [-0.05, 0) is 49.2 Å². The number of fused-ring (bicyclic) bond motifs is 2. The Balaban J connectivity index is 1.69. The second-order valence-corrected chi connectivity index (χ2v) is 11.3. The van der Waals surface area contributed by atoms with Crippen LogP contribution in [-0.2, 0) is 10.0 Å². The molecule has 0 saturated carbocycles. The molecule has 0 unspecified atom stereocenters. The molecule has 1 fully saturated rings. The lowest BCUT2D eigenvalue weighted by Gasteiger charge is -2.34. The summed E-state index contributed by atoms with van der Waals surface area (Å²) in [5.41, 5.74) is 2.42. The summed E-state index contributed by atoms with van der Waals surface area (Å²) in [5, 5.41) is 65.4. The summed E-state index contributed by atoms with van der Waals surface area (Å²) in [6.45, 7) is 0.0903. The van der Waals surface area contributed by atoms with Crippen LogP contribution in [0.5, 0.6) is 0 Å². The lowest BCUT2D eigenvalue weighted by Crippen LogP contribution is -2.53. The maximum absolute atomic E-state index is 13.0. The predicted octanol–water partition coefficient (Wildman–Crippen LogP) is -0.575. The molecule has 2 aromatic carbocycles. The summed E-state index contributed by atoms with van der Waals surface area (Å²) < 4.78 is 27.3. The normalized spacial score (nSPS) is 17.3. The number of benzene rings is 2. The van der Waals surface area contributed by atoms with Gasteiger partial charge in [-0.25, -0.2) is 13.4 Å². The molecule has 8 N–H and O–H groups in total. The Kier molecular flexibility index (Phi) is 9.00. The highest BCUT2D eigenvalue weighted by Gasteiger charge is 2.35. The summed E-state index contributed by atoms with van der Waals surface area (Å²) in [6, 6.07) is 9.97. The van der Waals surface area contributed by atoms with Gasteiger partial charge in [0, 0.05) is 55.9 Å². The number of aromatic nitrogens is 1. The number of nitrogens with one attached hydrogen (secondary N) is 2. The van der Waals surface area contributed by atoms with Gasteiger partial charge in [0.1, 0.15) is 6.10 Å². The zero-order valence-corrected chi connectivity index (χ0v) is 21.5. The van der Waals surface area contributed by atoms with Gasteiger partial charge in [-0.1, -0.05) is 0 Å². The largest absolute Gasteiger partial charge is 0.396 e. The summed E-state index contributed by atoms with van der Waals surface area (Å²) in [7, 11) is -3.79. The van der Waals surface area contributed by atoms with Crippen LogP contribution in [0.1, 0.15) is 12.8 Å². The number of β-amino-alcohol motifs (C(OH)–C–C–N with tert-alkyl or cyclic N) is 1. The fraction of sp³-hybridized carbons (Fsp3) is 0.480. The third-order valence-corrected chi connectivity index (χ3v) is 8.40. The van der Waals surface area contributed by atoms with E-state index in [0.717, 1.165) is 0 Å². The number of hydrogen-bond acceptors (Lipinski definition) is 11. The van der Waals surface area contributed by atoms with Gasteiger partial charge in [0.25, 0.3) is 0 Å². The molecule has 0 bridgehead atoms. The van der Waals surface area contributed by atoms with Crippen LogP contribution in [0, 0.1) is 0 Å². The minimum atomic E-state index is -3.79. The van der Waals surface area contributed by atoms with Crippen LogP contribution >= 0.6 is 0 Å². The Labute approximate surface area is 220 Å². The lowest BCUT2D eigenvalue weighted by atomic mass is 10.0. The van der Waals surface area contributed by atoms with Crippen LogP contribution in [0.2, 0.25) is 0 Å². The number of aliphatic hydroxyl groups excluding tert-OH is 6. The highest BCUT2D eigenvalue weighted by Crippen LogP contribution is 2.35. The van der Waals surface area contributed by atoms with E-state index >= 15 is 0 Å². The minimum Gasteiger partial charge on any atom is -0.396 e. The first-order chi connectivity index (χ1) is 18.1. The molecule has 38 heavy (non-hydrogen) atoms. The molecular weight excluding hydrogens is 516 g/mol. The highest BCUT2D eigenvalue weighted by molar-refractivity contribution is 7.89. The van der Waals surface area contributed by atoms with E-state index in [1.807, 2.05) is 0 Å². The average Bonchev–Trinajstić information content (AvgIpc) is 2.88. The van der Waals surface area contributed by atoms with Crippen molar-refractivity contribution >= 4 is 43.2 Å². The molecule has 2 heterocycles. The maximum Gasteiger partial charge on any atom is 0.243 e. The molecule has 1 aromatic heterocycles. The van der Waals surface area contributed by atoms with Gasteiger partial charge in [0.2, 0.25) is 10.0 Å². The molecule has 1 aliphatic heterocycles. The Morgan fingerprint density at radius 3 is 2.29 bits per heavy atom. The first kappa shape index (κ1) is 28.4. The first-order valence-corrected chi connectivity index (χ1v) is 13.9. The van der Waals surface area contributed by atoms with Crippen molar-refractivity contribution in [3.8, 4) is 0 Å². The highest BCUT2D eigenvalue weighted by atomic mass is 32.2. The van der Waals surface area contributed by atoms with Crippen molar-refractivity contribution < 1.29 is 39.1 Å². The quantitative estimate of drug-likeness (QED) is 0.100. The first-order valence-electron chi connectivity index (χ1n) is 12.4. The van der Waals surface area contributed by atoms with Crippen molar-refractivity contribution in [1.82, 2.24) is 9.29 Å². The summed E-state index contributed by atoms with van der Waals surface area (Å²) >= 11 is 0. The predicted molar refractivity (Wildman–Crippen MR) is 142 cm³/mol. The van der Waals surface area contributed by atoms with Crippen molar-refractivity contribution in [2.45, 2.75) is 42.2 Å². The monoisotopic (exact) mass is 550 g/mol. The molecule has 12 nitrogen and oxygen atoms in total. The molecule has 13 heteroatoms. The third-order valence-electron chi connectivity index (χ3n) is 6.58. The van der Waals surface area contributed by atoms with E-state index < -0.39 is 34.4 Å². The van der Waals surface area contributed by atoms with Gasteiger partial charge in [0.05, 0.1) is 39.9 Å². The van der Waals surface area contributed by atoms with Gasteiger partial charge in [0.15, 0.2) is 0 Å². The number of nitrogens with zero attached hydrogens (tertiary/aromatic N) is 2. The van der Waals surface area contributed by atoms with E-state index in [0.29, 0.717) is 46.1 Å². The number of aliphatic hydroxyl groups is 6. The molecule has 0 radical (unpaired) electrons. The Morgan fingerprint density at radius 1 is 0.947 bits per heavy atom. The van der Waals surface area contributed by atoms with Crippen molar-refractivity contribution in [2.24, 2.45) is 0 Å². The van der Waals surface area contributed by atoms with E-state index in [-0.39, 0.29) is 44.2 Å². The second-order valence-electron chi connectivity index (χ2n) is 9.40. The molecule has 0 spiro atoms. The third kappa shape index (κ3) is 6.00. The summed E-state index contributed by atoms with van der Waals surface area (Å²) in [5.74, 6) is 0. The fourth-order valence-corrected chi connectivity index (χ4v) is 5.88. The van der Waals surface area contributed by atoms with Gasteiger partial charge in [-0.3, -0.25) is 0 Å². The Bertz CT molecular complexity index is 1370. The fourth-order valence-electron chi connectivity index (χ4n) is 4.34. The van der Waals surface area contributed by atoms with Crippen LogP contribution in [0.4, 0.5) is 11.4 Å². The van der Waals surface area contributed by atoms with E-state index in [9.17, 15) is 34.0 Å². The van der Waals surface area contributed by atoms with Crippen LogP contribution < -0.4 is 10.6 Å². The van der Waals surface area contributed by atoms with Crippen LogP contribution in [0.3, 0.4) is 0 Å². The number of rotatable bonds is 13. The van der Waals surface area contributed by atoms with Crippen LogP contribution in [0.15, 0.2) is 41.3 Å². The molecule has 1 saturated heterocycles. The van der Waals surface area contributed by atoms with Crippen LogP contribution in [0.25, 0.3) is 21.8 Å². The van der Waals surface area contributed by atoms with E-state index in [1.165, 1.54) is 10.4 Å². The molecule has 3 atom stereocenters. The molecule has 4 rings (SSSR count). The van der Waals surface area contributed by atoms with E-state index in [1.54, 1.807) is 30.3 Å². The van der Waals surface area contributed by atoms with Crippen molar-refractivity contribution in [3.05, 3.63) is 36.4 Å². The number of pyridine rings is 1. The molecular formula is C25H34N4O8S. The van der Waals surface area contributed by atoms with Gasteiger partial charge >= 0.3 is 0 Å². The molecule has 3 aromatic rings. The molecule has 0 amide bonds. The smallest absolute Gasteiger partial charge is 0.243 e. The molecule has 1 aliphatic rings. The molecule has 208 valence electrons. The van der Waals surface area contributed by atoms with Crippen molar-refractivity contribution in [2.75, 3.05) is 50.0 Å². The van der Waals surface area contributed by atoms with Crippen LogP contribution in [-0.4, -0.2) is 112 Å². The SMILES string of the molecule is O=S(=O)(c1ccc2nc3ccc(NC[C@H](O)[C@@H](O)[C@H](O)CCO)cc3c(NCCCO)c2c1)N1CC(O)C1. The van der Waals surface area contributed by atoms with E-state index in [4.69, 9.17) is 5.11 Å². The summed E-state index contributed by atoms with van der Waals surface area (Å²) in [6.07, 6.45) is -4.27.